The molecule has 0 saturated heterocycles. The quantitative estimate of drug-likeness (QED) is 0.712. The van der Waals surface area contributed by atoms with Crippen molar-refractivity contribution in [1.29, 1.82) is 0 Å². The Morgan fingerprint density at radius 1 is 1.36 bits per heavy atom. The number of benzene rings is 1. The van der Waals surface area contributed by atoms with Crippen molar-refractivity contribution < 1.29 is 0 Å². The highest BCUT2D eigenvalue weighted by atomic mass is 79.9. The van der Waals surface area contributed by atoms with E-state index in [-0.39, 0.29) is 0 Å². The smallest absolute Gasteiger partial charge is 0.0292 e. The van der Waals surface area contributed by atoms with Gasteiger partial charge in [0.05, 0.1) is 0 Å². The van der Waals surface area contributed by atoms with Crippen LogP contribution in [0.4, 0.5) is 0 Å². The lowest BCUT2D eigenvalue weighted by atomic mass is 10.4. The summed E-state index contributed by atoms with van der Waals surface area (Å²) in [6.45, 7) is 3.77. The lowest BCUT2D eigenvalue weighted by molar-refractivity contribution is 1.46. The van der Waals surface area contributed by atoms with Gasteiger partial charge in [0.1, 0.15) is 0 Å². The van der Waals surface area contributed by atoms with Gasteiger partial charge >= 0.3 is 0 Å². The molecule has 0 atom stereocenters. The van der Waals surface area contributed by atoms with E-state index in [0.29, 0.717) is 0 Å². The molecule has 0 heterocycles. The first-order valence-corrected chi connectivity index (χ1v) is 5.08. The minimum absolute atomic E-state index is 0.935. The Kier molecular flexibility index (Phi) is 3.73. The molecular weight excluding hydrogens is 220 g/mol. The first-order chi connectivity index (χ1) is 5.29. The molecule has 0 aromatic heterocycles. The van der Waals surface area contributed by atoms with Gasteiger partial charge in [-0.15, -0.1) is 11.8 Å². The van der Waals surface area contributed by atoms with Gasteiger partial charge in [-0.1, -0.05) is 40.7 Å². The highest BCUT2D eigenvalue weighted by Crippen LogP contribution is 2.20. The van der Waals surface area contributed by atoms with Gasteiger partial charge in [-0.05, 0) is 16.6 Å². The van der Waals surface area contributed by atoms with E-state index >= 15 is 0 Å². The summed E-state index contributed by atoms with van der Waals surface area (Å²) in [7, 11) is 0. The molecule has 0 unspecified atom stereocenters. The lowest BCUT2D eigenvalue weighted by Gasteiger charge is -1.97. The normalized spacial score (nSPS) is 9.55. The number of hydrogen-bond acceptors (Lipinski definition) is 1. The summed E-state index contributed by atoms with van der Waals surface area (Å²) >= 11 is 5.10. The van der Waals surface area contributed by atoms with E-state index < -0.39 is 0 Å². The molecule has 1 aromatic carbocycles. The zero-order valence-electron chi connectivity index (χ0n) is 6.09. The zero-order chi connectivity index (χ0) is 8.10. The second-order valence-corrected chi connectivity index (χ2v) is 4.29. The first-order valence-electron chi connectivity index (χ1n) is 3.30. The van der Waals surface area contributed by atoms with Crippen molar-refractivity contribution in [3.8, 4) is 0 Å². The van der Waals surface area contributed by atoms with E-state index in [9.17, 15) is 0 Å². The van der Waals surface area contributed by atoms with E-state index in [1.807, 2.05) is 18.2 Å². The molecule has 0 aliphatic rings. The number of halogens is 1. The maximum Gasteiger partial charge on any atom is 0.0292 e. The fourth-order valence-corrected chi connectivity index (χ4v) is 1.69. The van der Waals surface area contributed by atoms with E-state index in [1.54, 1.807) is 11.8 Å². The molecule has 0 saturated carbocycles. The van der Waals surface area contributed by atoms with Crippen LogP contribution in [-0.4, -0.2) is 5.75 Å². The van der Waals surface area contributed by atoms with Crippen molar-refractivity contribution in [2.75, 3.05) is 5.75 Å². The molecule has 2 heteroatoms. The van der Waals surface area contributed by atoms with E-state index in [2.05, 4.69) is 34.6 Å². The molecule has 1 aromatic rings. The monoisotopic (exact) mass is 228 g/mol. The van der Waals surface area contributed by atoms with E-state index in [0.717, 1.165) is 10.2 Å². The minimum Gasteiger partial charge on any atom is -0.121 e. The van der Waals surface area contributed by atoms with Crippen LogP contribution >= 0.6 is 27.7 Å². The van der Waals surface area contributed by atoms with Crippen LogP contribution in [0.1, 0.15) is 0 Å². The molecule has 0 nitrogen and oxygen atoms in total. The van der Waals surface area contributed by atoms with Crippen LogP contribution in [0.3, 0.4) is 0 Å². The molecule has 0 spiro atoms. The van der Waals surface area contributed by atoms with E-state index in [4.69, 9.17) is 0 Å². The zero-order valence-corrected chi connectivity index (χ0v) is 8.49. The van der Waals surface area contributed by atoms with E-state index in [1.165, 1.54) is 4.90 Å². The van der Waals surface area contributed by atoms with Crippen LogP contribution < -0.4 is 0 Å². The van der Waals surface area contributed by atoms with Gasteiger partial charge in [0.2, 0.25) is 0 Å². The lowest BCUT2D eigenvalue weighted by Crippen LogP contribution is -1.75. The molecule has 0 aliphatic heterocycles. The SMILES string of the molecule is C=C(Br)CSc1ccccc1. The molecule has 0 aliphatic carbocycles. The van der Waals surface area contributed by atoms with Crippen molar-refractivity contribution in [2.24, 2.45) is 0 Å². The third kappa shape index (κ3) is 3.63. The fourth-order valence-electron chi connectivity index (χ4n) is 0.678. The topological polar surface area (TPSA) is 0 Å². The molecular formula is C9H9BrS. The first kappa shape index (κ1) is 8.88. The van der Waals surface area contributed by atoms with Crippen LogP contribution in [0.5, 0.6) is 0 Å². The maximum absolute atomic E-state index is 3.77. The third-order valence-electron chi connectivity index (χ3n) is 1.14. The van der Waals surface area contributed by atoms with Crippen molar-refractivity contribution in [3.05, 3.63) is 41.4 Å². The minimum atomic E-state index is 0.935. The summed E-state index contributed by atoms with van der Waals surface area (Å²) in [5.74, 6) is 0.935. The van der Waals surface area contributed by atoms with Crippen molar-refractivity contribution in [1.82, 2.24) is 0 Å². The Morgan fingerprint density at radius 3 is 2.55 bits per heavy atom. The Labute approximate surface area is 79.8 Å². The van der Waals surface area contributed by atoms with Gasteiger partial charge in [-0.25, -0.2) is 0 Å². The van der Waals surface area contributed by atoms with Crippen LogP contribution in [0.25, 0.3) is 0 Å². The van der Waals surface area contributed by atoms with Gasteiger partial charge in [-0.3, -0.25) is 0 Å². The summed E-state index contributed by atoms with van der Waals surface area (Å²) in [6.07, 6.45) is 0. The predicted octanol–water partition coefficient (Wildman–Crippen LogP) is 3.69. The van der Waals surface area contributed by atoms with Crippen LogP contribution in [-0.2, 0) is 0 Å². The maximum atomic E-state index is 3.77. The fraction of sp³-hybridized carbons (Fsp3) is 0.111. The highest BCUT2D eigenvalue weighted by Gasteiger charge is 1.91. The van der Waals surface area contributed by atoms with Crippen molar-refractivity contribution in [3.63, 3.8) is 0 Å². The Hall–Kier alpha value is -0.210. The molecule has 11 heavy (non-hydrogen) atoms. The van der Waals surface area contributed by atoms with Gasteiger partial charge in [0.15, 0.2) is 0 Å². The average molecular weight is 229 g/mol. The predicted molar refractivity (Wildman–Crippen MR) is 55.2 cm³/mol. The summed E-state index contributed by atoms with van der Waals surface area (Å²) in [4.78, 5) is 1.29. The van der Waals surface area contributed by atoms with Crippen molar-refractivity contribution >= 4 is 27.7 Å². The third-order valence-corrected chi connectivity index (χ3v) is 2.89. The molecule has 0 fully saturated rings. The molecule has 0 amide bonds. The average Bonchev–Trinajstić information content (AvgIpc) is 2.03. The van der Waals surface area contributed by atoms with Crippen LogP contribution in [0, 0.1) is 0 Å². The number of hydrogen-bond donors (Lipinski definition) is 0. The summed E-state index contributed by atoms with van der Waals surface area (Å²) in [6, 6.07) is 10.3. The second kappa shape index (κ2) is 4.62. The molecule has 0 N–H and O–H groups in total. The number of rotatable bonds is 3. The molecule has 1 rings (SSSR count). The highest BCUT2D eigenvalue weighted by molar-refractivity contribution is 9.11. The van der Waals surface area contributed by atoms with Gasteiger partial charge in [0, 0.05) is 10.6 Å². The van der Waals surface area contributed by atoms with Gasteiger partial charge in [0.25, 0.3) is 0 Å². The van der Waals surface area contributed by atoms with Crippen LogP contribution in [0.2, 0.25) is 0 Å². The molecule has 0 bridgehead atoms. The summed E-state index contributed by atoms with van der Waals surface area (Å²) in [5.41, 5.74) is 0. The summed E-state index contributed by atoms with van der Waals surface area (Å²) in [5, 5.41) is 0. The van der Waals surface area contributed by atoms with Crippen molar-refractivity contribution in [2.45, 2.75) is 4.90 Å². The standard InChI is InChI=1S/C9H9BrS/c1-8(10)7-11-9-5-3-2-4-6-9/h2-6H,1,7H2. The Bertz CT molecular complexity index is 231. The van der Waals surface area contributed by atoms with Gasteiger partial charge < -0.3 is 0 Å². The summed E-state index contributed by atoms with van der Waals surface area (Å²) < 4.78 is 1.03. The Balaban J connectivity index is 2.45. The van der Waals surface area contributed by atoms with Gasteiger partial charge in [-0.2, -0.15) is 0 Å². The molecule has 58 valence electrons. The largest absolute Gasteiger partial charge is 0.121 e. The Morgan fingerprint density at radius 2 is 2.00 bits per heavy atom. The second-order valence-electron chi connectivity index (χ2n) is 2.12. The molecule has 0 radical (unpaired) electrons. The van der Waals surface area contributed by atoms with Crippen LogP contribution in [0.15, 0.2) is 46.3 Å². The number of thioether (sulfide) groups is 1.